The highest BCUT2D eigenvalue weighted by Crippen LogP contribution is 2.48. The van der Waals surface area contributed by atoms with Crippen molar-refractivity contribution in [1.82, 2.24) is 23.6 Å². The Morgan fingerprint density at radius 2 is 1.77 bits per heavy atom. The molecule has 5 aromatic rings. The number of rotatable bonds is 7. The number of aryl methyl sites for hydroxylation is 1. The van der Waals surface area contributed by atoms with Gasteiger partial charge in [-0.15, -0.1) is 5.10 Å². The van der Waals surface area contributed by atoms with Crippen molar-refractivity contribution in [2.75, 3.05) is 5.32 Å². The number of pyridine rings is 1. The van der Waals surface area contributed by atoms with Gasteiger partial charge in [0.15, 0.2) is 17.3 Å². The fraction of sp³-hybridized carbons (Fsp3) is 0.375. The standard InChI is InChI=1S/C32H31FN6O4S/c1-17-2-10-22(11-3-17)44(42,43)39-16-25(24-14-21(33)15-34-31(24)39)29-36-30(28-23(18-4-5-18)12-13-38(28)37-29)35-27-20-8-6-19(7-9-20)26(27)32(40)41/h2-3,10-16,18-20,26-27H,4-9H2,1H3,(H,40,41)(H,35,36,37)/t19?,20?,26-,27-/m0/s1. The minimum Gasteiger partial charge on any atom is -0.481 e. The molecule has 44 heavy (non-hydrogen) atoms. The number of aromatic nitrogens is 5. The van der Waals surface area contributed by atoms with Crippen LogP contribution in [0.1, 0.15) is 55.6 Å². The van der Waals surface area contributed by atoms with E-state index in [2.05, 4.69) is 10.3 Å². The molecule has 0 amide bonds. The van der Waals surface area contributed by atoms with E-state index in [1.165, 1.54) is 24.4 Å². The molecule has 0 saturated heterocycles. The molecular weight excluding hydrogens is 583 g/mol. The lowest BCUT2D eigenvalue weighted by Crippen LogP contribution is -2.51. The van der Waals surface area contributed by atoms with Crippen LogP contribution in [0.2, 0.25) is 0 Å². The second-order valence-electron chi connectivity index (χ2n) is 12.5. The third-order valence-corrected chi connectivity index (χ3v) is 11.4. The monoisotopic (exact) mass is 614 g/mol. The molecule has 0 aliphatic heterocycles. The molecule has 0 radical (unpaired) electrons. The zero-order valence-electron chi connectivity index (χ0n) is 24.0. The summed E-state index contributed by atoms with van der Waals surface area (Å²) in [7, 11) is -4.09. The topological polar surface area (TPSA) is 131 Å². The summed E-state index contributed by atoms with van der Waals surface area (Å²) in [4.78, 5) is 21.7. The first kappa shape index (κ1) is 27.2. The molecule has 9 rings (SSSR count). The summed E-state index contributed by atoms with van der Waals surface area (Å²) in [5.74, 6) is -0.555. The lowest BCUT2D eigenvalue weighted by Gasteiger charge is -2.47. The van der Waals surface area contributed by atoms with Crippen LogP contribution in [0.5, 0.6) is 0 Å². The van der Waals surface area contributed by atoms with Gasteiger partial charge in [-0.25, -0.2) is 31.3 Å². The van der Waals surface area contributed by atoms with Crippen LogP contribution < -0.4 is 5.32 Å². The van der Waals surface area contributed by atoms with Gasteiger partial charge in [-0.1, -0.05) is 17.7 Å². The lowest BCUT2D eigenvalue weighted by atomic mass is 9.61. The predicted octanol–water partition coefficient (Wildman–Crippen LogP) is 5.61. The van der Waals surface area contributed by atoms with E-state index in [0.29, 0.717) is 17.3 Å². The number of nitrogens with one attached hydrogen (secondary N) is 1. The minimum atomic E-state index is -4.09. The number of anilines is 1. The second kappa shape index (κ2) is 9.85. The smallest absolute Gasteiger partial charge is 0.308 e. The first-order valence-electron chi connectivity index (χ1n) is 15.1. The average Bonchev–Trinajstić information content (AvgIpc) is 3.64. The first-order chi connectivity index (χ1) is 21.2. The number of carboxylic acid groups (broad SMARTS) is 1. The van der Waals surface area contributed by atoms with Crippen LogP contribution in [0.4, 0.5) is 10.2 Å². The van der Waals surface area contributed by atoms with E-state index in [1.54, 1.807) is 16.6 Å². The summed E-state index contributed by atoms with van der Waals surface area (Å²) in [5.41, 5.74) is 3.17. The predicted molar refractivity (Wildman–Crippen MR) is 161 cm³/mol. The number of carbonyl (C=O) groups is 1. The van der Waals surface area contributed by atoms with Gasteiger partial charge in [0.25, 0.3) is 10.0 Å². The Morgan fingerprint density at radius 1 is 1.05 bits per heavy atom. The molecule has 4 heterocycles. The maximum atomic E-state index is 14.6. The molecular formula is C32H31FN6O4S. The Morgan fingerprint density at radius 3 is 2.48 bits per heavy atom. The van der Waals surface area contributed by atoms with Crippen LogP contribution in [-0.4, -0.2) is 49.1 Å². The van der Waals surface area contributed by atoms with Crippen molar-refractivity contribution >= 4 is 38.4 Å². The number of hydrogen-bond donors (Lipinski definition) is 2. The van der Waals surface area contributed by atoms with Crippen LogP contribution in [0.15, 0.2) is 59.9 Å². The zero-order valence-corrected chi connectivity index (χ0v) is 24.8. The largest absolute Gasteiger partial charge is 0.481 e. The summed E-state index contributed by atoms with van der Waals surface area (Å²) in [6, 6.07) is 9.45. The third kappa shape index (κ3) is 4.29. The molecule has 10 nitrogen and oxygen atoms in total. The SMILES string of the molecule is Cc1ccc(S(=O)(=O)n2cc(-c3nc(N[C@H]4C5CCC(CC5)[C@@H]4C(=O)O)c4c(C5CC5)ccn4n3)c3cc(F)cnc32)cc1. The molecule has 12 heteroatoms. The van der Waals surface area contributed by atoms with Gasteiger partial charge in [-0.3, -0.25) is 4.79 Å². The number of nitrogens with zero attached hydrogens (tertiary/aromatic N) is 5. The van der Waals surface area contributed by atoms with Crippen LogP contribution in [0.25, 0.3) is 27.9 Å². The van der Waals surface area contributed by atoms with Crippen molar-refractivity contribution in [3.63, 3.8) is 0 Å². The summed E-state index contributed by atoms with van der Waals surface area (Å²) >= 11 is 0. The number of halogens is 1. The van der Waals surface area contributed by atoms with E-state index < -0.39 is 27.7 Å². The molecule has 226 valence electrons. The van der Waals surface area contributed by atoms with Crippen LogP contribution in [0, 0.1) is 30.5 Å². The molecule has 2 atom stereocenters. The molecule has 0 spiro atoms. The minimum absolute atomic E-state index is 0.0573. The molecule has 4 aromatic heterocycles. The molecule has 1 aromatic carbocycles. The van der Waals surface area contributed by atoms with Crippen LogP contribution >= 0.6 is 0 Å². The maximum absolute atomic E-state index is 14.6. The molecule has 4 aliphatic rings. The zero-order chi connectivity index (χ0) is 30.3. The Bertz CT molecular complexity index is 2060. The molecule has 4 aliphatic carbocycles. The number of aliphatic carboxylic acids is 1. The van der Waals surface area contributed by atoms with E-state index in [-0.39, 0.29) is 39.6 Å². The normalized spacial score (nSPS) is 23.4. The summed E-state index contributed by atoms with van der Waals surface area (Å²) in [6.07, 6.45) is 10.1. The van der Waals surface area contributed by atoms with Crippen LogP contribution in [0.3, 0.4) is 0 Å². The highest BCUT2D eigenvalue weighted by molar-refractivity contribution is 7.90. The Hall–Kier alpha value is -4.32. The highest BCUT2D eigenvalue weighted by atomic mass is 32.2. The second-order valence-corrected chi connectivity index (χ2v) is 14.3. The molecule has 4 saturated carbocycles. The van der Waals surface area contributed by atoms with Gasteiger partial charge in [0.1, 0.15) is 11.3 Å². The van der Waals surface area contributed by atoms with E-state index >= 15 is 0 Å². The van der Waals surface area contributed by atoms with Crippen molar-refractivity contribution in [2.45, 2.75) is 62.3 Å². The van der Waals surface area contributed by atoms with Gasteiger partial charge in [-0.2, -0.15) is 0 Å². The fourth-order valence-corrected chi connectivity index (χ4v) is 8.72. The summed E-state index contributed by atoms with van der Waals surface area (Å²) < 4.78 is 45.0. The Labute approximate surface area is 253 Å². The average molecular weight is 615 g/mol. The number of benzene rings is 1. The van der Waals surface area contributed by atoms with E-state index in [9.17, 15) is 22.7 Å². The van der Waals surface area contributed by atoms with E-state index in [1.807, 2.05) is 19.2 Å². The quantitative estimate of drug-likeness (QED) is 0.242. The van der Waals surface area contributed by atoms with Crippen molar-refractivity contribution in [2.24, 2.45) is 17.8 Å². The summed E-state index contributed by atoms with van der Waals surface area (Å²) in [5, 5.41) is 18.8. The molecule has 0 unspecified atom stereocenters. The Balaban J connectivity index is 1.31. The first-order valence-corrected chi connectivity index (χ1v) is 16.5. The number of carboxylic acids is 1. The molecule has 4 fully saturated rings. The maximum Gasteiger partial charge on any atom is 0.308 e. The van der Waals surface area contributed by atoms with Crippen molar-refractivity contribution < 1.29 is 22.7 Å². The van der Waals surface area contributed by atoms with Gasteiger partial charge in [-0.05, 0) is 93.0 Å². The van der Waals surface area contributed by atoms with Crippen molar-refractivity contribution in [3.8, 4) is 11.4 Å². The fourth-order valence-electron chi connectivity index (χ4n) is 7.40. The van der Waals surface area contributed by atoms with Crippen LogP contribution in [-0.2, 0) is 14.8 Å². The molecule has 2 N–H and O–H groups in total. The summed E-state index contributed by atoms with van der Waals surface area (Å²) in [6.45, 7) is 1.87. The van der Waals surface area contributed by atoms with Gasteiger partial charge >= 0.3 is 5.97 Å². The van der Waals surface area contributed by atoms with Gasteiger partial charge in [0.2, 0.25) is 0 Å². The van der Waals surface area contributed by atoms with Crippen molar-refractivity contribution in [3.05, 3.63) is 71.9 Å². The Kier molecular flexibility index (Phi) is 6.10. The number of fused-ring (bicyclic) bond motifs is 5. The molecule has 2 bridgehead atoms. The van der Waals surface area contributed by atoms with Gasteiger partial charge in [0.05, 0.1) is 17.0 Å². The van der Waals surface area contributed by atoms with Crippen molar-refractivity contribution in [1.29, 1.82) is 0 Å². The lowest BCUT2D eigenvalue weighted by molar-refractivity contribution is -0.148. The van der Waals surface area contributed by atoms with E-state index in [0.717, 1.165) is 65.3 Å². The number of hydrogen-bond acceptors (Lipinski definition) is 7. The van der Waals surface area contributed by atoms with E-state index in [4.69, 9.17) is 10.1 Å². The highest BCUT2D eigenvalue weighted by Gasteiger charge is 2.47. The van der Waals surface area contributed by atoms with Gasteiger partial charge < -0.3 is 10.4 Å². The van der Waals surface area contributed by atoms with Gasteiger partial charge in [0, 0.05) is 29.4 Å². The third-order valence-electron chi connectivity index (χ3n) is 9.76.